The molecule has 0 aromatic carbocycles. The van der Waals surface area contributed by atoms with Crippen LogP contribution < -0.4 is 42.5 Å². The van der Waals surface area contributed by atoms with Crippen LogP contribution in [0.1, 0.15) is 79.1 Å². The van der Waals surface area contributed by atoms with Gasteiger partial charge < -0.3 is 136 Å². The quantitative estimate of drug-likeness (QED) is 0.0154. The average molecular weight is 1380 g/mol. The Hall–Kier alpha value is -4.42. The third-order valence-electron chi connectivity index (χ3n) is 15.3. The highest BCUT2D eigenvalue weighted by Gasteiger charge is 2.48. The second-order valence-corrected chi connectivity index (χ2v) is 26.4. The van der Waals surface area contributed by atoms with Crippen molar-refractivity contribution in [2.45, 2.75) is 189 Å². The van der Waals surface area contributed by atoms with Crippen LogP contribution in [0.5, 0.6) is 0 Å². The molecule has 0 aromatic heterocycles. The third-order valence-corrected chi connectivity index (χ3v) is 17.9. The maximum Gasteiger partial charge on any atom is 0.254 e. The van der Waals surface area contributed by atoms with E-state index in [0.717, 1.165) is 0 Å². The minimum Gasteiger partial charge on any atom is -0.394 e. The number of ether oxygens (including phenoxy) is 9. The molecule has 4 fully saturated rings. The van der Waals surface area contributed by atoms with Crippen LogP contribution in [-0.2, 0) is 90.1 Å². The van der Waals surface area contributed by atoms with E-state index >= 15 is 0 Å². The van der Waals surface area contributed by atoms with Gasteiger partial charge in [-0.3, -0.25) is 42.9 Å². The van der Waals surface area contributed by atoms with Crippen molar-refractivity contribution in [1.29, 1.82) is 0 Å². The highest BCUT2D eigenvalue weighted by molar-refractivity contribution is 8.46. The molecule has 0 bridgehead atoms. The molecular weight excluding hydrogens is 1280 g/mol. The third kappa shape index (κ3) is 27.9. The molecule has 3 aliphatic heterocycles. The van der Waals surface area contributed by atoms with Crippen molar-refractivity contribution in [3.05, 3.63) is 0 Å². The molecule has 8 amide bonds. The summed E-state index contributed by atoms with van der Waals surface area (Å²) in [5.41, 5.74) is 0. The van der Waals surface area contributed by atoms with Gasteiger partial charge in [-0.25, -0.2) is 0 Å². The zero-order valence-electron chi connectivity index (χ0n) is 52.6. The fraction of sp³-hybridized carbons (Fsp3) is 0.855. The highest BCUT2D eigenvalue weighted by atomic mass is 32.7. The molecule has 36 nitrogen and oxygen atoms in total. The molecule has 0 spiro atoms. The summed E-state index contributed by atoms with van der Waals surface area (Å²) in [4.78, 5) is 104. The molecule has 4 aliphatic rings. The molecule has 3 saturated heterocycles. The average Bonchev–Trinajstić information content (AvgIpc) is 0.867. The van der Waals surface area contributed by atoms with Gasteiger partial charge in [-0.05, 0) is 38.5 Å². The van der Waals surface area contributed by atoms with Crippen LogP contribution in [0.3, 0.4) is 0 Å². The van der Waals surface area contributed by atoms with Gasteiger partial charge in [0.05, 0.1) is 85.4 Å². The van der Waals surface area contributed by atoms with Gasteiger partial charge in [-0.15, -0.1) is 0 Å². The van der Waals surface area contributed by atoms with Crippen molar-refractivity contribution >= 4 is 66.1 Å². The first-order valence-corrected chi connectivity index (χ1v) is 33.9. The lowest BCUT2D eigenvalue weighted by Crippen LogP contribution is -2.64. The first-order valence-electron chi connectivity index (χ1n) is 30.9. The Labute approximate surface area is 543 Å². The molecule has 3 heterocycles. The Morgan fingerprint density at radius 1 is 0.495 bits per heavy atom. The number of carbonyl (C=O) groups excluding carboxylic acids is 8. The predicted octanol–water partition coefficient (Wildman–Crippen LogP) is -7.49. The molecule has 0 radical (unpaired) electrons. The second kappa shape index (κ2) is 42.3. The van der Waals surface area contributed by atoms with E-state index in [9.17, 15) is 88.9 Å². The monoisotopic (exact) mass is 1380 g/mol. The van der Waals surface area contributed by atoms with E-state index < -0.39 is 196 Å². The minimum atomic E-state index is -3.13. The van der Waals surface area contributed by atoms with Crippen LogP contribution in [0, 0.1) is 5.92 Å². The maximum absolute atomic E-state index is 13.8. The van der Waals surface area contributed by atoms with Crippen LogP contribution in [0.15, 0.2) is 0 Å². The van der Waals surface area contributed by atoms with Crippen LogP contribution >= 0.6 is 18.8 Å². The molecule has 93 heavy (non-hydrogen) atoms. The Bertz CT molecular complexity index is 2380. The van der Waals surface area contributed by atoms with Crippen molar-refractivity contribution in [3.63, 3.8) is 0 Å². The van der Waals surface area contributed by atoms with Crippen molar-refractivity contribution in [2.24, 2.45) is 5.92 Å². The molecule has 1 saturated carbocycles. The zero-order chi connectivity index (χ0) is 68.8. The van der Waals surface area contributed by atoms with Gasteiger partial charge in [0.15, 0.2) is 18.9 Å². The molecule has 18 unspecified atom stereocenters. The summed E-state index contributed by atoms with van der Waals surface area (Å²) < 4.78 is 68.5. The van der Waals surface area contributed by atoms with Crippen LogP contribution in [0.2, 0.25) is 0 Å². The van der Waals surface area contributed by atoms with Gasteiger partial charge in [0, 0.05) is 65.3 Å². The lowest BCUT2D eigenvalue weighted by Gasteiger charge is -2.42. The maximum atomic E-state index is 13.8. The first kappa shape index (κ1) is 81.0. The van der Waals surface area contributed by atoms with Gasteiger partial charge >= 0.3 is 0 Å². The molecule has 0 aromatic rings. The fourth-order valence-electron chi connectivity index (χ4n) is 10.3. The van der Waals surface area contributed by atoms with E-state index in [2.05, 4.69) is 54.8 Å². The molecular formula is C55H97N8O28PS. The van der Waals surface area contributed by atoms with Gasteiger partial charge in [-0.1, -0.05) is 19.2 Å². The first-order chi connectivity index (χ1) is 44.2. The van der Waals surface area contributed by atoms with Crippen molar-refractivity contribution in [2.75, 3.05) is 105 Å². The highest BCUT2D eigenvalue weighted by Crippen LogP contribution is 2.54. The van der Waals surface area contributed by atoms with Crippen molar-refractivity contribution in [1.82, 2.24) is 42.5 Å². The van der Waals surface area contributed by atoms with E-state index in [4.69, 9.17) is 47.2 Å². The van der Waals surface area contributed by atoms with Crippen molar-refractivity contribution in [3.8, 4) is 0 Å². The summed E-state index contributed by atoms with van der Waals surface area (Å²) in [6.07, 6.45) is -16.6. The minimum absolute atomic E-state index is 0.0239. The number of hydrogen-bond acceptors (Lipinski definition) is 28. The number of nitrogens with one attached hydrogen (secondary N) is 8. The molecule has 18 atom stereocenters. The SMILES string of the molecule is CCP(=O)(S)O[C@H]1CC[C@@H](C(=O)NC(CCC(=O)NC(CCC(=O)NCCOCCOC2OC(CO)C(O)C(O)C2NC(C)=O)C(=O)NCCOCCOC2OC(CO)C(O)C(O)C2NC(C)=O)C(=O)NCCOCCOC2OC(CO)C(O)C(O)C2NC(C)=O)CC1. The van der Waals surface area contributed by atoms with Gasteiger partial charge in [0.2, 0.25) is 47.3 Å². The summed E-state index contributed by atoms with van der Waals surface area (Å²) in [5, 5.41) is 112. The summed E-state index contributed by atoms with van der Waals surface area (Å²) in [5.74, 6) is -5.47. The summed E-state index contributed by atoms with van der Waals surface area (Å²) in [6, 6.07) is -6.21. The lowest BCUT2D eigenvalue weighted by atomic mass is 9.86. The largest absolute Gasteiger partial charge is 0.394 e. The number of aliphatic hydroxyl groups excluding tert-OH is 9. The predicted molar refractivity (Wildman–Crippen MR) is 322 cm³/mol. The Morgan fingerprint density at radius 3 is 1.20 bits per heavy atom. The smallest absolute Gasteiger partial charge is 0.254 e. The Kier molecular flexibility index (Phi) is 36.8. The number of hydrogen-bond donors (Lipinski definition) is 18. The Morgan fingerprint density at radius 2 is 0.849 bits per heavy atom. The lowest BCUT2D eigenvalue weighted by molar-refractivity contribution is -0.272. The van der Waals surface area contributed by atoms with Crippen molar-refractivity contribution < 1.29 is 136 Å². The van der Waals surface area contributed by atoms with E-state index in [1.165, 1.54) is 20.8 Å². The number of carbonyl (C=O) groups is 8. The topological polar surface area (TPSA) is 524 Å². The number of amides is 8. The molecule has 1 aliphatic carbocycles. The molecule has 4 rings (SSSR count). The zero-order valence-corrected chi connectivity index (χ0v) is 54.4. The molecule has 17 N–H and O–H groups in total. The van der Waals surface area contributed by atoms with Crippen LogP contribution in [0.4, 0.5) is 0 Å². The fourth-order valence-corrected chi connectivity index (χ4v) is 11.5. The Balaban J connectivity index is 1.36. The van der Waals surface area contributed by atoms with E-state index in [-0.39, 0.29) is 105 Å². The van der Waals surface area contributed by atoms with Gasteiger partial charge in [-0.2, -0.15) is 0 Å². The summed E-state index contributed by atoms with van der Waals surface area (Å²) >= 11 is 4.14. The molecule has 536 valence electrons. The van der Waals surface area contributed by atoms with Crippen LogP contribution in [-0.4, -0.2) is 308 Å². The number of thiol groups is 1. The van der Waals surface area contributed by atoms with Crippen LogP contribution in [0.25, 0.3) is 0 Å². The number of aliphatic hydroxyl groups is 9. The second-order valence-electron chi connectivity index (χ2n) is 22.5. The number of rotatable bonds is 41. The normalized spacial score (nSPS) is 30.1. The van der Waals surface area contributed by atoms with E-state index in [1.54, 1.807) is 6.92 Å². The molecule has 38 heteroatoms. The van der Waals surface area contributed by atoms with E-state index in [1.807, 2.05) is 0 Å². The van der Waals surface area contributed by atoms with Gasteiger partial charge in [0.1, 0.15) is 85.1 Å². The van der Waals surface area contributed by atoms with E-state index in [0.29, 0.717) is 25.7 Å². The summed E-state index contributed by atoms with van der Waals surface area (Å²) in [7, 11) is 0. The standard InChI is InChI=1S/C55H97N8O28PS/c1-5-92(81,93)91-33-8-6-32(7-9-33)50(78)63-35(52(80)58-16-19-84-22-25-87-55-43(61-31(4)69)49(77)46(74)38(28-66)90-55)11-13-40(71)62-34(51(79)57-15-18-83-21-24-86-54-42(60-30(3)68)48(76)45(73)37(27-65)89-54)10-12-39(70)56-14-17-82-20-23-85-53-41(59-29(2)67)47(75)44(72)36(26-64)88-53/h32-38,41-49,53-55,64-66,72-77H,5-28H2,1-4H3,(H,56,70)(H,57,79)(H,58,80)(H,59,67)(H,60,68)(H,61,69)(H,62,71)(H,63,78)(H,81,93)/t32-,33+,34?,35?,36?,37?,38?,41?,42?,43?,44?,45?,46?,47?,48?,49?,53?,54?,55?,92?. The van der Waals surface area contributed by atoms with Gasteiger partial charge in [0.25, 0.3) is 6.57 Å². The summed E-state index contributed by atoms with van der Waals surface area (Å²) in [6.45, 7) is -1.08.